The second-order valence-electron chi connectivity index (χ2n) is 6.17. The highest BCUT2D eigenvalue weighted by Crippen LogP contribution is 2.25. The van der Waals surface area contributed by atoms with Crippen molar-refractivity contribution in [2.75, 3.05) is 18.4 Å². The van der Waals surface area contributed by atoms with Gasteiger partial charge in [0.15, 0.2) is 11.6 Å². The van der Waals surface area contributed by atoms with Gasteiger partial charge in [-0.3, -0.25) is 4.79 Å². The van der Waals surface area contributed by atoms with Crippen LogP contribution in [0.15, 0.2) is 41.3 Å². The van der Waals surface area contributed by atoms with Crippen molar-refractivity contribution in [2.24, 2.45) is 0 Å². The van der Waals surface area contributed by atoms with E-state index in [0.29, 0.717) is 12.8 Å². The lowest BCUT2D eigenvalue weighted by molar-refractivity contribution is 0.102. The summed E-state index contributed by atoms with van der Waals surface area (Å²) >= 11 is 0. The standard InChI is InChI=1S/C18H17F3N2O3S/c19-13-8-7-12(18(24)22-15-6-4-5-14(20)17(15)21)11-16(13)27(25,26)23-9-2-1-3-10-23/h4-8,11H,1-3,9-10H2,(H,22,24). The zero-order chi connectivity index (χ0) is 19.6. The van der Waals surface area contributed by atoms with Crippen molar-refractivity contribution in [2.45, 2.75) is 24.2 Å². The van der Waals surface area contributed by atoms with E-state index in [1.807, 2.05) is 0 Å². The summed E-state index contributed by atoms with van der Waals surface area (Å²) in [7, 11) is -4.09. The molecule has 1 amide bonds. The fourth-order valence-corrected chi connectivity index (χ4v) is 4.49. The minimum absolute atomic E-state index is 0.185. The number of carbonyl (C=O) groups excluding carboxylic acids is 1. The van der Waals surface area contributed by atoms with Gasteiger partial charge in [0.1, 0.15) is 10.7 Å². The normalized spacial score (nSPS) is 15.5. The second kappa shape index (κ2) is 7.69. The first-order chi connectivity index (χ1) is 12.8. The van der Waals surface area contributed by atoms with Gasteiger partial charge in [0, 0.05) is 18.7 Å². The quantitative estimate of drug-likeness (QED) is 0.857. The average Bonchev–Trinajstić information content (AvgIpc) is 2.66. The molecule has 144 valence electrons. The van der Waals surface area contributed by atoms with Crippen LogP contribution in [0.3, 0.4) is 0 Å². The van der Waals surface area contributed by atoms with Crippen LogP contribution in [0.25, 0.3) is 0 Å². The molecule has 0 unspecified atom stereocenters. The Morgan fingerprint density at radius 3 is 2.37 bits per heavy atom. The fraction of sp³-hybridized carbons (Fsp3) is 0.278. The van der Waals surface area contributed by atoms with E-state index in [9.17, 15) is 26.4 Å². The van der Waals surface area contributed by atoms with Crippen LogP contribution in [0.2, 0.25) is 0 Å². The van der Waals surface area contributed by atoms with E-state index in [-0.39, 0.29) is 18.7 Å². The van der Waals surface area contributed by atoms with Crippen LogP contribution in [-0.4, -0.2) is 31.7 Å². The van der Waals surface area contributed by atoms with Crippen LogP contribution < -0.4 is 5.32 Å². The van der Waals surface area contributed by atoms with Crippen molar-refractivity contribution in [1.82, 2.24) is 4.31 Å². The molecule has 1 heterocycles. The van der Waals surface area contributed by atoms with Crippen molar-refractivity contribution in [3.05, 3.63) is 59.4 Å². The lowest BCUT2D eigenvalue weighted by Gasteiger charge is -2.26. The Hall–Kier alpha value is -2.39. The summed E-state index contributed by atoms with van der Waals surface area (Å²) in [4.78, 5) is 11.7. The Morgan fingerprint density at radius 1 is 0.963 bits per heavy atom. The number of amides is 1. The molecule has 1 saturated heterocycles. The van der Waals surface area contributed by atoms with E-state index < -0.39 is 44.0 Å². The summed E-state index contributed by atoms with van der Waals surface area (Å²) in [6.45, 7) is 0.569. The van der Waals surface area contributed by atoms with Crippen LogP contribution in [0.4, 0.5) is 18.9 Å². The molecule has 1 aliphatic rings. The predicted octanol–water partition coefficient (Wildman–Crippen LogP) is 3.53. The van der Waals surface area contributed by atoms with E-state index in [4.69, 9.17) is 0 Å². The van der Waals surface area contributed by atoms with Gasteiger partial charge in [-0.05, 0) is 43.2 Å². The molecule has 0 aliphatic carbocycles. The Morgan fingerprint density at radius 2 is 1.67 bits per heavy atom. The summed E-state index contributed by atoms with van der Waals surface area (Å²) in [5.41, 5.74) is -0.583. The first kappa shape index (κ1) is 19.4. The Kier molecular flexibility index (Phi) is 5.52. The number of anilines is 1. The molecule has 1 fully saturated rings. The lowest BCUT2D eigenvalue weighted by atomic mass is 10.2. The van der Waals surface area contributed by atoms with Crippen molar-refractivity contribution in [3.8, 4) is 0 Å². The van der Waals surface area contributed by atoms with Gasteiger partial charge in [-0.2, -0.15) is 4.31 Å². The zero-order valence-corrected chi connectivity index (χ0v) is 15.0. The minimum Gasteiger partial charge on any atom is -0.319 e. The van der Waals surface area contributed by atoms with E-state index in [0.717, 1.165) is 36.8 Å². The fourth-order valence-electron chi connectivity index (χ4n) is 2.88. The van der Waals surface area contributed by atoms with E-state index in [1.54, 1.807) is 0 Å². The number of halogens is 3. The van der Waals surface area contributed by atoms with Crippen molar-refractivity contribution < 1.29 is 26.4 Å². The predicted molar refractivity (Wildman–Crippen MR) is 93.3 cm³/mol. The third-order valence-corrected chi connectivity index (χ3v) is 6.24. The van der Waals surface area contributed by atoms with Crippen molar-refractivity contribution in [1.29, 1.82) is 0 Å². The highest BCUT2D eigenvalue weighted by molar-refractivity contribution is 7.89. The molecule has 9 heteroatoms. The Bertz CT molecular complexity index is 974. The number of sulfonamides is 1. The lowest BCUT2D eigenvalue weighted by Crippen LogP contribution is -2.36. The summed E-state index contributed by atoms with van der Waals surface area (Å²) in [5, 5.41) is 2.16. The van der Waals surface area contributed by atoms with E-state index in [1.165, 1.54) is 10.4 Å². The topological polar surface area (TPSA) is 66.5 Å². The van der Waals surface area contributed by atoms with Crippen LogP contribution in [0.5, 0.6) is 0 Å². The molecular formula is C18H17F3N2O3S. The molecule has 0 saturated carbocycles. The molecule has 27 heavy (non-hydrogen) atoms. The second-order valence-corrected chi connectivity index (χ2v) is 8.07. The maximum absolute atomic E-state index is 14.2. The number of benzene rings is 2. The molecular weight excluding hydrogens is 381 g/mol. The van der Waals surface area contributed by atoms with Gasteiger partial charge in [0.25, 0.3) is 5.91 Å². The number of hydrogen-bond acceptors (Lipinski definition) is 3. The van der Waals surface area contributed by atoms with Gasteiger partial charge >= 0.3 is 0 Å². The molecule has 2 aromatic carbocycles. The van der Waals surface area contributed by atoms with Gasteiger partial charge in [0.05, 0.1) is 5.69 Å². The van der Waals surface area contributed by atoms with Gasteiger partial charge in [-0.15, -0.1) is 0 Å². The van der Waals surface area contributed by atoms with Crippen LogP contribution >= 0.6 is 0 Å². The number of rotatable bonds is 4. The van der Waals surface area contributed by atoms with Crippen molar-refractivity contribution in [3.63, 3.8) is 0 Å². The van der Waals surface area contributed by atoms with Gasteiger partial charge in [-0.1, -0.05) is 12.5 Å². The van der Waals surface area contributed by atoms with Gasteiger partial charge in [0.2, 0.25) is 10.0 Å². The number of hydrogen-bond donors (Lipinski definition) is 1. The maximum atomic E-state index is 14.2. The van der Waals surface area contributed by atoms with Crippen LogP contribution in [0.1, 0.15) is 29.6 Å². The molecule has 5 nitrogen and oxygen atoms in total. The minimum atomic E-state index is -4.09. The molecule has 0 spiro atoms. The van der Waals surface area contributed by atoms with Gasteiger partial charge < -0.3 is 5.32 Å². The van der Waals surface area contributed by atoms with Gasteiger partial charge in [-0.25, -0.2) is 21.6 Å². The maximum Gasteiger partial charge on any atom is 0.255 e. The molecule has 3 rings (SSSR count). The third-order valence-electron chi connectivity index (χ3n) is 4.33. The number of nitrogens with one attached hydrogen (secondary N) is 1. The smallest absolute Gasteiger partial charge is 0.255 e. The van der Waals surface area contributed by atoms with Crippen LogP contribution in [-0.2, 0) is 10.0 Å². The third kappa shape index (κ3) is 3.98. The highest BCUT2D eigenvalue weighted by atomic mass is 32.2. The molecule has 0 radical (unpaired) electrons. The Balaban J connectivity index is 1.90. The summed E-state index contributed by atoms with van der Waals surface area (Å²) in [5.74, 6) is -4.24. The summed E-state index contributed by atoms with van der Waals surface area (Å²) in [6.07, 6.45) is 2.26. The molecule has 0 bridgehead atoms. The molecule has 1 N–H and O–H groups in total. The number of piperidine rings is 1. The van der Waals surface area contributed by atoms with E-state index in [2.05, 4.69) is 5.32 Å². The molecule has 2 aromatic rings. The zero-order valence-electron chi connectivity index (χ0n) is 14.2. The first-order valence-corrected chi connectivity index (χ1v) is 9.80. The SMILES string of the molecule is O=C(Nc1cccc(F)c1F)c1ccc(F)c(S(=O)(=O)N2CCCCC2)c1. The van der Waals surface area contributed by atoms with Crippen molar-refractivity contribution >= 4 is 21.6 Å². The molecule has 0 aromatic heterocycles. The average molecular weight is 398 g/mol. The number of carbonyl (C=O) groups is 1. The molecule has 1 aliphatic heterocycles. The Labute approximate surface area is 154 Å². The summed E-state index contributed by atoms with van der Waals surface area (Å²) < 4.78 is 67.7. The monoisotopic (exact) mass is 398 g/mol. The summed E-state index contributed by atoms with van der Waals surface area (Å²) in [6, 6.07) is 6.12. The largest absolute Gasteiger partial charge is 0.319 e. The highest BCUT2D eigenvalue weighted by Gasteiger charge is 2.29. The first-order valence-electron chi connectivity index (χ1n) is 8.36. The number of nitrogens with zero attached hydrogens (tertiary/aromatic N) is 1. The van der Waals surface area contributed by atoms with Crippen LogP contribution in [0, 0.1) is 17.5 Å². The van der Waals surface area contributed by atoms with E-state index >= 15 is 0 Å². The molecule has 0 atom stereocenters.